The summed E-state index contributed by atoms with van der Waals surface area (Å²) in [5.74, 6) is 1.19. The van der Waals surface area contributed by atoms with Crippen molar-refractivity contribution in [2.75, 3.05) is 13.1 Å². The summed E-state index contributed by atoms with van der Waals surface area (Å²) < 4.78 is 0. The maximum Gasteiger partial charge on any atom is 0.191 e. The van der Waals surface area contributed by atoms with E-state index in [1.807, 2.05) is 18.2 Å². The summed E-state index contributed by atoms with van der Waals surface area (Å²) in [7, 11) is 0. The molecule has 1 atom stereocenters. The van der Waals surface area contributed by atoms with Crippen LogP contribution in [0.4, 0.5) is 0 Å². The third-order valence-electron chi connectivity index (χ3n) is 4.01. The lowest BCUT2D eigenvalue weighted by Gasteiger charge is -2.16. The van der Waals surface area contributed by atoms with Gasteiger partial charge in [0.2, 0.25) is 0 Å². The first-order valence-electron chi connectivity index (χ1n) is 8.70. The Balaban J connectivity index is 1.98. The highest BCUT2D eigenvalue weighted by Crippen LogP contribution is 2.15. The number of hydrogen-bond acceptors (Lipinski definition) is 2. The molecule has 0 saturated heterocycles. The lowest BCUT2D eigenvalue weighted by Crippen LogP contribution is -2.39. The minimum absolute atomic E-state index is 0.394. The van der Waals surface area contributed by atoms with Gasteiger partial charge < -0.3 is 10.6 Å². The Labute approximate surface area is 150 Å². The van der Waals surface area contributed by atoms with Crippen molar-refractivity contribution in [3.63, 3.8) is 0 Å². The lowest BCUT2D eigenvalue weighted by atomic mass is 9.99. The number of hydrogen-bond donors (Lipinski definition) is 2. The van der Waals surface area contributed by atoms with E-state index in [1.54, 1.807) is 6.07 Å². The maximum atomic E-state index is 8.99. The van der Waals surface area contributed by atoms with Crippen molar-refractivity contribution in [2.24, 2.45) is 4.99 Å². The first-order valence-corrected chi connectivity index (χ1v) is 8.70. The van der Waals surface area contributed by atoms with Gasteiger partial charge in [-0.2, -0.15) is 5.26 Å². The van der Waals surface area contributed by atoms with Crippen molar-refractivity contribution >= 4 is 5.96 Å². The molecule has 0 aromatic heterocycles. The molecule has 4 heteroatoms. The van der Waals surface area contributed by atoms with E-state index in [0.29, 0.717) is 18.0 Å². The van der Waals surface area contributed by atoms with Crippen LogP contribution in [0, 0.1) is 18.3 Å². The zero-order valence-electron chi connectivity index (χ0n) is 15.2. The standard InChI is InChI=1S/C21H26N4/c1-4-23-21(25-15-19-9-6-8-18(12-19)13-22)24-14-17(3)20-10-5-7-16(2)11-20/h5-12,17H,4,14-15H2,1-3H3,(H2,23,24,25). The van der Waals surface area contributed by atoms with Gasteiger partial charge in [-0.05, 0) is 43.0 Å². The highest BCUT2D eigenvalue weighted by atomic mass is 15.2. The Morgan fingerprint density at radius 3 is 2.68 bits per heavy atom. The van der Waals surface area contributed by atoms with Crippen LogP contribution < -0.4 is 10.6 Å². The second-order valence-corrected chi connectivity index (χ2v) is 6.20. The minimum Gasteiger partial charge on any atom is -0.357 e. The molecule has 0 aliphatic rings. The van der Waals surface area contributed by atoms with Gasteiger partial charge in [-0.1, -0.05) is 48.9 Å². The van der Waals surface area contributed by atoms with Crippen LogP contribution in [0.15, 0.2) is 53.5 Å². The summed E-state index contributed by atoms with van der Waals surface area (Å²) in [6.07, 6.45) is 0. The number of nitrogens with zero attached hydrogens (tertiary/aromatic N) is 2. The van der Waals surface area contributed by atoms with Gasteiger partial charge in [-0.3, -0.25) is 0 Å². The van der Waals surface area contributed by atoms with Crippen molar-refractivity contribution < 1.29 is 0 Å². The van der Waals surface area contributed by atoms with Crippen molar-refractivity contribution in [1.29, 1.82) is 5.26 Å². The van der Waals surface area contributed by atoms with Gasteiger partial charge in [0.1, 0.15) is 0 Å². The Kier molecular flexibility index (Phi) is 7.03. The molecule has 0 fully saturated rings. The lowest BCUT2D eigenvalue weighted by molar-refractivity contribution is 0.699. The van der Waals surface area contributed by atoms with Crippen LogP contribution >= 0.6 is 0 Å². The monoisotopic (exact) mass is 334 g/mol. The Morgan fingerprint density at radius 1 is 1.16 bits per heavy atom. The van der Waals surface area contributed by atoms with E-state index >= 15 is 0 Å². The Morgan fingerprint density at radius 2 is 1.96 bits per heavy atom. The number of rotatable bonds is 6. The van der Waals surface area contributed by atoms with Gasteiger partial charge in [0, 0.05) is 13.1 Å². The van der Waals surface area contributed by atoms with Crippen LogP contribution in [0.25, 0.3) is 0 Å². The van der Waals surface area contributed by atoms with Gasteiger partial charge >= 0.3 is 0 Å². The van der Waals surface area contributed by atoms with Crippen molar-refractivity contribution in [2.45, 2.75) is 33.2 Å². The summed E-state index contributed by atoms with van der Waals surface area (Å²) in [5, 5.41) is 15.7. The number of nitrogens with one attached hydrogen (secondary N) is 2. The third-order valence-corrected chi connectivity index (χ3v) is 4.01. The smallest absolute Gasteiger partial charge is 0.191 e. The maximum absolute atomic E-state index is 8.99. The molecule has 0 bridgehead atoms. The van der Waals surface area contributed by atoms with Gasteiger partial charge in [0.15, 0.2) is 5.96 Å². The van der Waals surface area contributed by atoms with E-state index < -0.39 is 0 Å². The molecular formula is C21H26N4. The fourth-order valence-electron chi connectivity index (χ4n) is 2.60. The van der Waals surface area contributed by atoms with Gasteiger partial charge in [-0.25, -0.2) is 4.99 Å². The summed E-state index contributed by atoms with van der Waals surface area (Å²) in [6.45, 7) is 8.55. The minimum atomic E-state index is 0.394. The predicted molar refractivity (Wildman–Crippen MR) is 104 cm³/mol. The molecule has 0 radical (unpaired) electrons. The van der Waals surface area contributed by atoms with Crippen LogP contribution in [0.3, 0.4) is 0 Å². The fourth-order valence-corrected chi connectivity index (χ4v) is 2.60. The SMILES string of the molecule is CCNC(=NCc1cccc(C#N)c1)NCC(C)c1cccc(C)c1. The van der Waals surface area contributed by atoms with Crippen LogP contribution in [-0.4, -0.2) is 19.0 Å². The molecule has 2 N–H and O–H groups in total. The number of guanidine groups is 1. The molecule has 0 heterocycles. The molecule has 4 nitrogen and oxygen atoms in total. The summed E-state index contributed by atoms with van der Waals surface area (Å²) >= 11 is 0. The Hall–Kier alpha value is -2.80. The molecular weight excluding hydrogens is 308 g/mol. The molecule has 25 heavy (non-hydrogen) atoms. The molecule has 0 amide bonds. The van der Waals surface area contributed by atoms with Crippen LogP contribution in [-0.2, 0) is 6.54 Å². The first kappa shape index (κ1) is 18.5. The molecule has 0 aliphatic heterocycles. The topological polar surface area (TPSA) is 60.2 Å². The second-order valence-electron chi connectivity index (χ2n) is 6.20. The highest BCUT2D eigenvalue weighted by Gasteiger charge is 2.07. The number of aryl methyl sites for hydroxylation is 1. The summed E-state index contributed by atoms with van der Waals surface area (Å²) in [5.41, 5.74) is 4.30. The zero-order chi connectivity index (χ0) is 18.1. The van der Waals surface area contributed by atoms with Gasteiger partial charge in [0.25, 0.3) is 0 Å². The number of aliphatic imine (C=N–C) groups is 1. The first-order chi connectivity index (χ1) is 12.1. The Bertz CT molecular complexity index is 758. The molecule has 2 aromatic rings. The van der Waals surface area contributed by atoms with E-state index in [0.717, 1.165) is 24.6 Å². The normalized spacial score (nSPS) is 12.3. The van der Waals surface area contributed by atoms with E-state index in [-0.39, 0.29) is 0 Å². The van der Waals surface area contributed by atoms with Gasteiger partial charge in [0.05, 0.1) is 18.2 Å². The summed E-state index contributed by atoms with van der Waals surface area (Å²) in [4.78, 5) is 4.63. The average molecular weight is 334 g/mol. The van der Waals surface area contributed by atoms with E-state index in [2.05, 4.69) is 66.7 Å². The van der Waals surface area contributed by atoms with Gasteiger partial charge in [-0.15, -0.1) is 0 Å². The van der Waals surface area contributed by atoms with Crippen molar-refractivity contribution in [3.8, 4) is 6.07 Å². The fraction of sp³-hybridized carbons (Fsp3) is 0.333. The van der Waals surface area contributed by atoms with E-state index in [1.165, 1.54) is 11.1 Å². The predicted octanol–water partition coefficient (Wildman–Crippen LogP) is 3.73. The van der Waals surface area contributed by atoms with E-state index in [4.69, 9.17) is 5.26 Å². The van der Waals surface area contributed by atoms with Crippen LogP contribution in [0.5, 0.6) is 0 Å². The second kappa shape index (κ2) is 9.48. The highest BCUT2D eigenvalue weighted by molar-refractivity contribution is 5.79. The molecule has 2 rings (SSSR count). The van der Waals surface area contributed by atoms with Crippen LogP contribution in [0.2, 0.25) is 0 Å². The summed E-state index contributed by atoms with van der Waals surface area (Å²) in [6, 6.07) is 18.3. The third kappa shape index (κ3) is 5.96. The molecule has 0 spiro atoms. The number of nitriles is 1. The molecule has 0 aliphatic carbocycles. The van der Waals surface area contributed by atoms with Crippen molar-refractivity contribution in [3.05, 3.63) is 70.8 Å². The average Bonchev–Trinajstić information content (AvgIpc) is 2.64. The zero-order valence-corrected chi connectivity index (χ0v) is 15.2. The largest absolute Gasteiger partial charge is 0.357 e. The molecule has 0 saturated carbocycles. The quantitative estimate of drug-likeness (QED) is 0.625. The van der Waals surface area contributed by atoms with Crippen molar-refractivity contribution in [1.82, 2.24) is 10.6 Å². The van der Waals surface area contributed by atoms with Crippen LogP contribution in [0.1, 0.15) is 42.0 Å². The molecule has 1 unspecified atom stereocenters. The number of benzene rings is 2. The van der Waals surface area contributed by atoms with E-state index in [9.17, 15) is 0 Å². The molecule has 2 aromatic carbocycles. The molecule has 130 valence electrons.